The van der Waals surface area contributed by atoms with Gasteiger partial charge < -0.3 is 14.3 Å². The molecular formula is C28H62NO7S2+. The molecule has 0 saturated heterocycles. The Bertz CT molecular complexity index is 712. The van der Waals surface area contributed by atoms with Crippen LogP contribution in [0.15, 0.2) is 0 Å². The highest BCUT2D eigenvalue weighted by atomic mass is 32.2. The number of hydrogen-bond acceptors (Lipinski definition) is 6. The molecule has 0 aliphatic carbocycles. The van der Waals surface area contributed by atoms with Gasteiger partial charge in [0, 0.05) is 13.0 Å². The molecule has 0 rings (SSSR count). The fourth-order valence-electron chi connectivity index (χ4n) is 4.15. The minimum Gasteiger partial charge on any atom is -0.390 e. The maximum atomic E-state index is 12.1. The summed E-state index contributed by atoms with van der Waals surface area (Å²) >= 11 is 0. The second-order valence-corrected chi connectivity index (χ2v) is 15.4. The number of hydrogen-bond donors (Lipinski definition) is 2. The van der Waals surface area contributed by atoms with Gasteiger partial charge in [0.05, 0.1) is 58.2 Å². The number of quaternary nitrogens is 1. The highest BCUT2D eigenvalue weighted by Crippen LogP contribution is 2.13. The summed E-state index contributed by atoms with van der Waals surface area (Å²) in [6.07, 6.45) is 21.9. The third-order valence-electron chi connectivity index (χ3n) is 6.18. The fourth-order valence-corrected chi connectivity index (χ4v) is 5.57. The molecule has 0 saturated carbocycles. The monoisotopic (exact) mass is 588 g/mol. The van der Waals surface area contributed by atoms with Gasteiger partial charge in [-0.25, -0.2) is 8.42 Å². The summed E-state index contributed by atoms with van der Waals surface area (Å²) in [6.45, 7) is 3.81. The smallest absolute Gasteiger partial charge is 0.261 e. The lowest BCUT2D eigenvalue weighted by Gasteiger charge is -2.23. The first-order valence-corrected chi connectivity index (χ1v) is 18.5. The molecule has 0 aliphatic rings. The van der Waals surface area contributed by atoms with Gasteiger partial charge in [-0.05, 0) is 6.42 Å². The van der Waals surface area contributed by atoms with E-state index in [2.05, 4.69) is 6.92 Å². The Morgan fingerprint density at radius 1 is 0.684 bits per heavy atom. The zero-order valence-electron chi connectivity index (χ0n) is 25.3. The van der Waals surface area contributed by atoms with Gasteiger partial charge in [-0.15, -0.1) is 0 Å². The molecule has 0 aromatic heterocycles. The minimum absolute atomic E-state index is 0.118. The van der Waals surface area contributed by atoms with E-state index in [0.717, 1.165) is 23.9 Å². The van der Waals surface area contributed by atoms with Crippen molar-refractivity contribution in [1.82, 2.24) is 0 Å². The molecule has 0 amide bonds. The summed E-state index contributed by atoms with van der Waals surface area (Å²) in [6, 6.07) is 0. The average molecular weight is 589 g/mol. The van der Waals surface area contributed by atoms with Gasteiger partial charge >= 0.3 is 0 Å². The second kappa shape index (κ2) is 24.5. The molecule has 0 fully saturated rings. The molecule has 0 aromatic carbocycles. The molecule has 0 aliphatic heterocycles. The molecule has 2 N–H and O–H groups in total. The zero-order chi connectivity index (χ0) is 29.3. The van der Waals surface area contributed by atoms with Crippen molar-refractivity contribution in [1.29, 1.82) is 0 Å². The molecule has 0 aromatic rings. The van der Waals surface area contributed by atoms with E-state index in [9.17, 15) is 21.9 Å². The van der Waals surface area contributed by atoms with E-state index >= 15 is 0 Å². The van der Waals surface area contributed by atoms with E-state index in [-0.39, 0.29) is 18.1 Å². The van der Waals surface area contributed by atoms with Crippen molar-refractivity contribution >= 4 is 20.0 Å². The quantitative estimate of drug-likeness (QED) is 0.0805. The lowest BCUT2D eigenvalue weighted by Crippen LogP contribution is -2.36. The van der Waals surface area contributed by atoms with Gasteiger partial charge in [0.1, 0.15) is 0 Å². The van der Waals surface area contributed by atoms with E-state index in [4.69, 9.17) is 9.29 Å². The molecule has 10 heteroatoms. The third-order valence-corrected chi connectivity index (χ3v) is 7.99. The Hall–Kier alpha value is -0.260. The maximum absolute atomic E-state index is 12.1. The number of nitrogens with zero attached hydrogens (tertiary/aromatic N) is 1. The van der Waals surface area contributed by atoms with Crippen LogP contribution in [0.3, 0.4) is 0 Å². The van der Waals surface area contributed by atoms with Crippen LogP contribution in [-0.4, -0.2) is 95.7 Å². The topological polar surface area (TPSA) is 118 Å². The van der Waals surface area contributed by atoms with E-state index in [0.29, 0.717) is 19.3 Å². The molecule has 1 unspecified atom stereocenters. The van der Waals surface area contributed by atoms with Gasteiger partial charge in [-0.1, -0.05) is 103 Å². The number of aliphatic hydroxyl groups excluding tert-OH is 1. The van der Waals surface area contributed by atoms with Crippen molar-refractivity contribution < 1.29 is 35.7 Å². The molecule has 1 atom stereocenters. The molecular weight excluding hydrogens is 526 g/mol. The number of unbranched alkanes of at least 4 members (excludes halogenated alkanes) is 15. The molecule has 38 heavy (non-hydrogen) atoms. The molecule has 8 nitrogen and oxygen atoms in total. The largest absolute Gasteiger partial charge is 0.390 e. The predicted octanol–water partition coefficient (Wildman–Crippen LogP) is 5.64. The van der Waals surface area contributed by atoms with E-state index in [1.54, 1.807) is 0 Å². The van der Waals surface area contributed by atoms with E-state index < -0.39 is 26.1 Å². The van der Waals surface area contributed by atoms with Crippen LogP contribution in [0.2, 0.25) is 0 Å². The summed E-state index contributed by atoms with van der Waals surface area (Å²) in [5.74, 6) is -0.0538. The zero-order valence-corrected chi connectivity index (χ0v) is 27.0. The Balaban J connectivity index is 0. The molecule has 0 spiro atoms. The summed E-state index contributed by atoms with van der Waals surface area (Å²) in [4.78, 5) is 0. The normalized spacial score (nSPS) is 13.2. The Morgan fingerprint density at radius 3 is 1.42 bits per heavy atom. The number of sulfone groups is 1. The molecule has 232 valence electrons. The SMILES string of the molecule is CCCCCCCCCCCCCCCCCCOCC(O)CS(=O)(=O)CCC[N+](C)(C)C.CS(=O)(=O)O. The third kappa shape index (κ3) is 40.2. The van der Waals surface area contributed by atoms with Gasteiger partial charge in [-0.3, -0.25) is 4.55 Å². The number of aliphatic hydroxyl groups is 1. The van der Waals surface area contributed by atoms with Gasteiger partial charge in [0.2, 0.25) is 0 Å². The van der Waals surface area contributed by atoms with Crippen molar-refractivity contribution in [2.75, 3.05) is 58.7 Å². The molecule has 0 heterocycles. The van der Waals surface area contributed by atoms with Gasteiger partial charge in [0.15, 0.2) is 9.84 Å². The standard InChI is InChI=1S/C27H58NO4S.CH4O3S/c1-5-6-7-8-9-10-11-12-13-14-15-16-17-18-19-20-23-32-25-27(29)26-33(30,31)24-21-22-28(2,3)4;1-5(2,3)4/h27,29H,5-26H2,1-4H3;1H3,(H,2,3,4)/q+1;. The second-order valence-electron chi connectivity index (χ2n) is 11.7. The predicted molar refractivity (Wildman–Crippen MR) is 160 cm³/mol. The summed E-state index contributed by atoms with van der Waals surface area (Å²) in [7, 11) is -0.735. The van der Waals surface area contributed by atoms with Gasteiger partial charge in [0.25, 0.3) is 10.1 Å². The van der Waals surface area contributed by atoms with E-state index in [1.807, 2.05) is 21.1 Å². The Kier molecular flexibility index (Phi) is 25.7. The molecule has 0 bridgehead atoms. The fraction of sp³-hybridized carbons (Fsp3) is 1.00. The van der Waals surface area contributed by atoms with Crippen LogP contribution < -0.4 is 0 Å². The summed E-state index contributed by atoms with van der Waals surface area (Å²) in [5.41, 5.74) is 0. The van der Waals surface area contributed by atoms with Crippen LogP contribution in [0.4, 0.5) is 0 Å². The number of ether oxygens (including phenoxy) is 1. The molecule has 0 radical (unpaired) electrons. The number of rotatable bonds is 25. The van der Waals surface area contributed by atoms with Crippen molar-refractivity contribution in [3.8, 4) is 0 Å². The summed E-state index contributed by atoms with van der Waals surface area (Å²) in [5, 5.41) is 9.97. The van der Waals surface area contributed by atoms with Gasteiger partial charge in [-0.2, -0.15) is 8.42 Å². The van der Waals surface area contributed by atoms with Crippen LogP contribution in [0.1, 0.15) is 116 Å². The minimum atomic E-state index is -3.67. The van der Waals surface area contributed by atoms with E-state index in [1.165, 1.54) is 89.9 Å². The summed E-state index contributed by atoms with van der Waals surface area (Å²) < 4.78 is 56.3. The van der Waals surface area contributed by atoms with Crippen LogP contribution in [0, 0.1) is 0 Å². The van der Waals surface area contributed by atoms with Crippen molar-refractivity contribution in [2.24, 2.45) is 0 Å². The highest BCUT2D eigenvalue weighted by molar-refractivity contribution is 7.91. The lowest BCUT2D eigenvalue weighted by molar-refractivity contribution is -0.870. The van der Waals surface area contributed by atoms with Crippen molar-refractivity contribution in [3.63, 3.8) is 0 Å². The Labute approximate surface area is 236 Å². The van der Waals surface area contributed by atoms with Crippen LogP contribution in [-0.2, 0) is 24.7 Å². The lowest BCUT2D eigenvalue weighted by atomic mass is 10.0. The van der Waals surface area contributed by atoms with Crippen molar-refractivity contribution in [2.45, 2.75) is 122 Å². The highest BCUT2D eigenvalue weighted by Gasteiger charge is 2.19. The van der Waals surface area contributed by atoms with Crippen LogP contribution in [0.5, 0.6) is 0 Å². The van der Waals surface area contributed by atoms with Crippen molar-refractivity contribution in [3.05, 3.63) is 0 Å². The first kappa shape index (κ1) is 39.9. The first-order chi connectivity index (χ1) is 17.7. The van der Waals surface area contributed by atoms with Crippen LogP contribution in [0.25, 0.3) is 0 Å². The maximum Gasteiger partial charge on any atom is 0.261 e. The first-order valence-electron chi connectivity index (χ1n) is 14.9. The average Bonchev–Trinajstić information content (AvgIpc) is 2.75. The van der Waals surface area contributed by atoms with Crippen LogP contribution >= 0.6 is 0 Å². The Morgan fingerprint density at radius 2 is 1.05 bits per heavy atom.